The minimum absolute atomic E-state index is 0.0350. The number of hydrogen-bond acceptors (Lipinski definition) is 4. The van der Waals surface area contributed by atoms with Gasteiger partial charge in [0.05, 0.1) is 7.11 Å². The maximum absolute atomic E-state index is 9.70. The molecule has 1 N–H and O–H groups in total. The fourth-order valence-electron chi connectivity index (χ4n) is 5.00. The highest BCUT2D eigenvalue weighted by atomic mass is 16.5. The summed E-state index contributed by atoms with van der Waals surface area (Å²) < 4.78 is 17.5. The molecule has 0 amide bonds. The first kappa shape index (κ1) is 17.1. The second-order valence-corrected chi connectivity index (χ2v) is 8.14. The third-order valence-electron chi connectivity index (χ3n) is 6.42. The molecule has 2 aromatic carbocycles. The minimum Gasteiger partial charge on any atom is -0.493 e. The Hall–Kier alpha value is -1.98. The lowest BCUT2D eigenvalue weighted by Crippen LogP contribution is -2.30. The Balaban J connectivity index is 1.54. The first-order chi connectivity index (χ1) is 13.2. The predicted octanol–water partition coefficient (Wildman–Crippen LogP) is 4.20. The number of fused-ring (bicyclic) bond motifs is 1. The van der Waals surface area contributed by atoms with Gasteiger partial charge in [0, 0.05) is 24.5 Å². The molecule has 2 aliphatic heterocycles. The van der Waals surface area contributed by atoms with Gasteiger partial charge >= 0.3 is 7.12 Å². The van der Waals surface area contributed by atoms with Crippen LogP contribution in [0.3, 0.4) is 0 Å². The van der Waals surface area contributed by atoms with Crippen LogP contribution >= 0.6 is 0 Å². The third-order valence-corrected chi connectivity index (χ3v) is 6.42. The van der Waals surface area contributed by atoms with E-state index in [9.17, 15) is 5.02 Å². The van der Waals surface area contributed by atoms with Crippen molar-refractivity contribution in [3.63, 3.8) is 0 Å². The average Bonchev–Trinajstić information content (AvgIpc) is 3.41. The van der Waals surface area contributed by atoms with E-state index in [-0.39, 0.29) is 11.5 Å². The zero-order valence-corrected chi connectivity index (χ0v) is 15.7. The SMILES string of the molecule is COc1ccc(-c2cccc(C3COB(O)C3)c2)c2c1OC1(CCCC1)C2. The van der Waals surface area contributed by atoms with Crippen molar-refractivity contribution in [1.82, 2.24) is 0 Å². The summed E-state index contributed by atoms with van der Waals surface area (Å²) in [6.07, 6.45) is 6.36. The molecule has 5 heteroatoms. The molecule has 3 aliphatic rings. The summed E-state index contributed by atoms with van der Waals surface area (Å²) in [4.78, 5) is 0. The van der Waals surface area contributed by atoms with Crippen LogP contribution in [0.15, 0.2) is 36.4 Å². The van der Waals surface area contributed by atoms with E-state index in [0.717, 1.165) is 30.8 Å². The first-order valence-corrected chi connectivity index (χ1v) is 9.96. The van der Waals surface area contributed by atoms with Gasteiger partial charge in [0.25, 0.3) is 0 Å². The molecule has 1 saturated carbocycles. The zero-order chi connectivity index (χ0) is 18.4. The van der Waals surface area contributed by atoms with Crippen LogP contribution in [0, 0.1) is 0 Å². The standard InChI is InChI=1S/C22H25BO4/c1-25-20-8-7-18(19-12-22(27-21(19)20)9-2-3-10-22)16-6-4-5-15(11-16)17-13-23(24)26-14-17/h4-8,11,17,24H,2-3,9-10,12-14H2,1H3. The summed E-state index contributed by atoms with van der Waals surface area (Å²) >= 11 is 0. The van der Waals surface area contributed by atoms with E-state index in [1.807, 2.05) is 6.07 Å². The van der Waals surface area contributed by atoms with Crippen molar-refractivity contribution in [1.29, 1.82) is 0 Å². The highest BCUT2D eigenvalue weighted by molar-refractivity contribution is 6.43. The molecule has 0 radical (unpaired) electrons. The molecule has 2 fully saturated rings. The summed E-state index contributed by atoms with van der Waals surface area (Å²) in [6.45, 7) is 0.581. The molecular formula is C22H25BO4. The Morgan fingerprint density at radius 1 is 1.19 bits per heavy atom. The molecule has 0 bridgehead atoms. The molecule has 1 aliphatic carbocycles. The van der Waals surface area contributed by atoms with Crippen LogP contribution in [0.1, 0.15) is 42.7 Å². The molecule has 1 atom stereocenters. The van der Waals surface area contributed by atoms with Gasteiger partial charge in [0.2, 0.25) is 0 Å². The quantitative estimate of drug-likeness (QED) is 0.830. The summed E-state index contributed by atoms with van der Waals surface area (Å²) in [5.41, 5.74) is 4.90. The van der Waals surface area contributed by atoms with Crippen LogP contribution < -0.4 is 9.47 Å². The van der Waals surface area contributed by atoms with E-state index >= 15 is 0 Å². The van der Waals surface area contributed by atoms with Crippen LogP contribution in [0.2, 0.25) is 6.32 Å². The molecule has 2 aromatic rings. The summed E-state index contributed by atoms with van der Waals surface area (Å²) in [5.74, 6) is 2.02. The lowest BCUT2D eigenvalue weighted by molar-refractivity contribution is 0.0996. The van der Waals surface area contributed by atoms with Crippen LogP contribution in [0.25, 0.3) is 11.1 Å². The summed E-state index contributed by atoms with van der Waals surface area (Å²) in [7, 11) is 1.07. The van der Waals surface area contributed by atoms with Crippen molar-refractivity contribution in [3.8, 4) is 22.6 Å². The molecule has 1 spiro atoms. The fourth-order valence-corrected chi connectivity index (χ4v) is 5.00. The van der Waals surface area contributed by atoms with Crippen LogP contribution in [0.4, 0.5) is 0 Å². The zero-order valence-electron chi connectivity index (χ0n) is 15.7. The van der Waals surface area contributed by atoms with E-state index in [4.69, 9.17) is 14.1 Å². The van der Waals surface area contributed by atoms with Gasteiger partial charge in [0.15, 0.2) is 11.5 Å². The van der Waals surface area contributed by atoms with Crippen LogP contribution in [0.5, 0.6) is 11.5 Å². The summed E-state index contributed by atoms with van der Waals surface area (Å²) in [5, 5.41) is 9.70. The van der Waals surface area contributed by atoms with E-state index in [2.05, 4.69) is 30.3 Å². The number of ether oxygens (including phenoxy) is 2. The van der Waals surface area contributed by atoms with Crippen molar-refractivity contribution >= 4 is 7.12 Å². The topological polar surface area (TPSA) is 47.9 Å². The molecule has 1 saturated heterocycles. The van der Waals surface area contributed by atoms with Crippen molar-refractivity contribution in [3.05, 3.63) is 47.5 Å². The number of hydrogen-bond donors (Lipinski definition) is 1. The number of rotatable bonds is 3. The lowest BCUT2D eigenvalue weighted by Gasteiger charge is -2.22. The van der Waals surface area contributed by atoms with E-state index in [0.29, 0.717) is 12.9 Å². The van der Waals surface area contributed by atoms with Gasteiger partial charge in [0.1, 0.15) is 5.60 Å². The van der Waals surface area contributed by atoms with Gasteiger partial charge in [-0.05, 0) is 54.8 Å². The molecular weight excluding hydrogens is 339 g/mol. The summed E-state index contributed by atoms with van der Waals surface area (Å²) in [6, 6.07) is 12.8. The van der Waals surface area contributed by atoms with Crippen molar-refractivity contribution < 1.29 is 19.2 Å². The second-order valence-electron chi connectivity index (χ2n) is 8.14. The third kappa shape index (κ3) is 2.93. The molecule has 1 unspecified atom stereocenters. The molecule has 2 heterocycles. The number of methoxy groups -OCH3 is 1. The number of benzene rings is 2. The fraction of sp³-hybridized carbons (Fsp3) is 0.455. The Kier molecular flexibility index (Phi) is 4.17. The van der Waals surface area contributed by atoms with Crippen LogP contribution in [-0.2, 0) is 11.1 Å². The van der Waals surface area contributed by atoms with Gasteiger partial charge in [-0.1, -0.05) is 30.3 Å². The van der Waals surface area contributed by atoms with Gasteiger partial charge in [-0.25, -0.2) is 0 Å². The van der Waals surface area contributed by atoms with E-state index in [1.54, 1.807) is 7.11 Å². The maximum atomic E-state index is 9.70. The van der Waals surface area contributed by atoms with Crippen molar-refractivity contribution in [2.75, 3.05) is 13.7 Å². The Morgan fingerprint density at radius 2 is 2.04 bits per heavy atom. The highest BCUT2D eigenvalue weighted by Gasteiger charge is 2.44. The highest BCUT2D eigenvalue weighted by Crippen LogP contribution is 2.51. The smallest absolute Gasteiger partial charge is 0.454 e. The van der Waals surface area contributed by atoms with Crippen molar-refractivity contribution in [2.45, 2.75) is 49.9 Å². The molecule has 5 rings (SSSR count). The normalized spacial score (nSPS) is 22.9. The Morgan fingerprint density at radius 3 is 2.78 bits per heavy atom. The average molecular weight is 364 g/mol. The first-order valence-electron chi connectivity index (χ1n) is 9.96. The minimum atomic E-state index is -0.639. The van der Waals surface area contributed by atoms with E-state index < -0.39 is 7.12 Å². The lowest BCUT2D eigenvalue weighted by atomic mass is 9.79. The van der Waals surface area contributed by atoms with E-state index in [1.165, 1.54) is 35.1 Å². The molecule has 140 valence electrons. The van der Waals surface area contributed by atoms with Gasteiger partial charge in [-0.15, -0.1) is 0 Å². The Labute approximate surface area is 160 Å². The second kappa shape index (κ2) is 6.57. The van der Waals surface area contributed by atoms with Gasteiger partial charge in [-0.2, -0.15) is 0 Å². The van der Waals surface area contributed by atoms with Gasteiger partial charge < -0.3 is 19.2 Å². The largest absolute Gasteiger partial charge is 0.493 e. The molecule has 0 aromatic heterocycles. The van der Waals surface area contributed by atoms with Crippen LogP contribution in [-0.4, -0.2) is 31.5 Å². The monoisotopic (exact) mass is 364 g/mol. The Bertz CT molecular complexity index is 859. The molecule has 27 heavy (non-hydrogen) atoms. The predicted molar refractivity (Wildman–Crippen MR) is 105 cm³/mol. The molecule has 4 nitrogen and oxygen atoms in total. The van der Waals surface area contributed by atoms with Gasteiger partial charge in [-0.3, -0.25) is 0 Å². The maximum Gasteiger partial charge on any atom is 0.454 e. The van der Waals surface area contributed by atoms with Crippen molar-refractivity contribution in [2.24, 2.45) is 0 Å².